The molecule has 2 aromatic heterocycles. The molecule has 0 fully saturated rings. The summed E-state index contributed by atoms with van der Waals surface area (Å²) in [5.74, 6) is -1.22. The quantitative estimate of drug-likeness (QED) is 0.324. The van der Waals surface area contributed by atoms with Gasteiger partial charge in [0.25, 0.3) is 0 Å². The second-order valence-corrected chi connectivity index (χ2v) is 8.69. The molecule has 0 radical (unpaired) electrons. The van der Waals surface area contributed by atoms with E-state index in [-0.39, 0.29) is 0 Å². The molecular weight excluding hydrogens is 472 g/mol. The predicted molar refractivity (Wildman–Crippen MR) is 142 cm³/mol. The second kappa shape index (κ2) is 13.0. The van der Waals surface area contributed by atoms with Crippen LogP contribution in [0.2, 0.25) is 0 Å². The molecule has 4 rings (SSSR count). The molecule has 0 aliphatic rings. The lowest BCUT2D eigenvalue weighted by molar-refractivity contribution is -0.134. The van der Waals surface area contributed by atoms with Crippen molar-refractivity contribution >= 4 is 23.0 Å². The molecular formula is C28H30N4O5. The third kappa shape index (κ3) is 8.01. The summed E-state index contributed by atoms with van der Waals surface area (Å²) in [7, 11) is 4.16. The van der Waals surface area contributed by atoms with Crippen LogP contribution in [0.3, 0.4) is 0 Å². The van der Waals surface area contributed by atoms with Gasteiger partial charge in [0.05, 0.1) is 12.3 Å². The first-order chi connectivity index (χ1) is 17.7. The average Bonchev–Trinajstić information content (AvgIpc) is 3.27. The van der Waals surface area contributed by atoms with Gasteiger partial charge in [0, 0.05) is 47.8 Å². The van der Waals surface area contributed by atoms with Crippen molar-refractivity contribution in [2.45, 2.75) is 6.92 Å². The maximum atomic E-state index is 9.55. The normalized spacial score (nSPS) is 11.8. The zero-order valence-electron chi connectivity index (χ0n) is 21.0. The fraction of sp³-hybridized carbons (Fsp3) is 0.214. The summed E-state index contributed by atoms with van der Waals surface area (Å²) in [6.07, 6.45) is 2.92. The Hall–Kier alpha value is -4.50. The zero-order valence-corrected chi connectivity index (χ0v) is 21.0. The Kier molecular flexibility index (Phi) is 9.51. The van der Waals surface area contributed by atoms with Crippen LogP contribution in [-0.2, 0) is 9.59 Å². The minimum atomic E-state index is -1.26. The van der Waals surface area contributed by atoms with Gasteiger partial charge in [0.1, 0.15) is 11.4 Å². The van der Waals surface area contributed by atoms with Gasteiger partial charge in [-0.05, 0) is 38.4 Å². The first kappa shape index (κ1) is 27.1. The van der Waals surface area contributed by atoms with Gasteiger partial charge < -0.3 is 19.8 Å². The number of carbonyl (C=O) groups is 2. The van der Waals surface area contributed by atoms with E-state index in [2.05, 4.69) is 49.1 Å². The number of pyridine rings is 1. The van der Waals surface area contributed by atoms with Crippen molar-refractivity contribution in [1.82, 2.24) is 19.7 Å². The lowest BCUT2D eigenvalue weighted by Crippen LogP contribution is -2.24. The third-order valence-electron chi connectivity index (χ3n) is 5.13. The van der Waals surface area contributed by atoms with Gasteiger partial charge in [-0.1, -0.05) is 43.3 Å². The van der Waals surface area contributed by atoms with E-state index in [1.54, 1.807) is 6.20 Å². The largest absolute Gasteiger partial charge is 0.493 e. The van der Waals surface area contributed by atoms with E-state index in [0.29, 0.717) is 24.7 Å². The number of benzene rings is 2. The van der Waals surface area contributed by atoms with E-state index in [1.165, 1.54) is 0 Å². The summed E-state index contributed by atoms with van der Waals surface area (Å²) in [6, 6.07) is 22.3. The van der Waals surface area contributed by atoms with E-state index in [1.807, 2.05) is 53.2 Å². The van der Waals surface area contributed by atoms with Crippen LogP contribution >= 0.6 is 0 Å². The molecule has 0 amide bonds. The summed E-state index contributed by atoms with van der Waals surface area (Å²) >= 11 is 0. The minimum Gasteiger partial charge on any atom is -0.493 e. The molecule has 9 nitrogen and oxygen atoms in total. The van der Waals surface area contributed by atoms with Crippen molar-refractivity contribution in [1.29, 1.82) is 0 Å². The van der Waals surface area contributed by atoms with Gasteiger partial charge in [-0.25, -0.2) is 19.3 Å². The van der Waals surface area contributed by atoms with Crippen LogP contribution in [0.15, 0.2) is 85.1 Å². The number of nitrogens with zero attached hydrogens (tertiary/aromatic N) is 4. The van der Waals surface area contributed by atoms with Crippen LogP contribution in [0.1, 0.15) is 6.92 Å². The second-order valence-electron chi connectivity index (χ2n) is 8.69. The van der Waals surface area contributed by atoms with Crippen LogP contribution in [0.25, 0.3) is 28.0 Å². The molecule has 4 aromatic rings. The van der Waals surface area contributed by atoms with Gasteiger partial charge in [-0.2, -0.15) is 5.10 Å². The number of rotatable bonds is 9. The molecule has 1 unspecified atom stereocenters. The highest BCUT2D eigenvalue weighted by Gasteiger charge is 2.15. The molecule has 2 N–H and O–H groups in total. The lowest BCUT2D eigenvalue weighted by atomic mass is 10.1. The van der Waals surface area contributed by atoms with Gasteiger partial charge in [0.15, 0.2) is 5.65 Å². The number of hydrogen-bond donors (Lipinski definition) is 2. The molecule has 0 aliphatic carbocycles. The fourth-order valence-electron chi connectivity index (χ4n) is 3.70. The summed E-state index contributed by atoms with van der Waals surface area (Å²) in [5, 5.41) is 21.6. The number of aromatic nitrogens is 3. The van der Waals surface area contributed by atoms with Crippen molar-refractivity contribution in [2.24, 2.45) is 5.92 Å². The van der Waals surface area contributed by atoms with Gasteiger partial charge in [-0.3, -0.25) is 0 Å². The van der Waals surface area contributed by atoms with Crippen molar-refractivity contribution in [3.05, 3.63) is 85.1 Å². The number of hydrogen-bond acceptors (Lipinski definition) is 6. The predicted octanol–water partition coefficient (Wildman–Crippen LogP) is 4.38. The first-order valence-corrected chi connectivity index (χ1v) is 11.7. The Balaban J connectivity index is 0.000000414. The summed E-state index contributed by atoms with van der Waals surface area (Å²) in [4.78, 5) is 25.9. The summed E-state index contributed by atoms with van der Waals surface area (Å²) < 4.78 is 7.94. The summed E-state index contributed by atoms with van der Waals surface area (Å²) in [6.45, 7) is 3.86. The molecule has 0 bridgehead atoms. The van der Waals surface area contributed by atoms with Crippen LogP contribution in [-0.4, -0.2) is 69.1 Å². The lowest BCUT2D eigenvalue weighted by Gasteiger charge is -2.17. The van der Waals surface area contributed by atoms with Gasteiger partial charge >= 0.3 is 11.9 Å². The van der Waals surface area contributed by atoms with E-state index in [0.717, 1.165) is 40.3 Å². The number of fused-ring (bicyclic) bond motifs is 1. The number of carboxylic acid groups (broad SMARTS) is 2. The van der Waals surface area contributed by atoms with Crippen molar-refractivity contribution in [3.8, 4) is 22.7 Å². The van der Waals surface area contributed by atoms with Gasteiger partial charge in [-0.15, -0.1) is 0 Å². The average molecular weight is 503 g/mol. The highest BCUT2D eigenvalue weighted by molar-refractivity contribution is 5.92. The highest BCUT2D eigenvalue weighted by atomic mass is 16.5. The van der Waals surface area contributed by atoms with Crippen molar-refractivity contribution in [3.63, 3.8) is 0 Å². The standard InChI is InChI=1S/C24H26N4O.C4H4O4/c1-18(16-27(2)3)17-29-21-12-7-11-20(15-21)28-24-22(13-8-14-25-24)23(26-28)19-9-5-4-6-10-19;5-3(6)1-2-4(7)8/h4-15,18H,16-17H2,1-3H3;1-2H,(H,5,6)(H,7,8)/b;2-1-. The van der Waals surface area contributed by atoms with Crippen LogP contribution in [0.5, 0.6) is 5.75 Å². The molecule has 2 aromatic carbocycles. The third-order valence-corrected chi connectivity index (χ3v) is 5.13. The maximum absolute atomic E-state index is 9.55. The van der Waals surface area contributed by atoms with Crippen molar-refractivity contribution < 1.29 is 24.5 Å². The van der Waals surface area contributed by atoms with Crippen molar-refractivity contribution in [2.75, 3.05) is 27.2 Å². The fourth-order valence-corrected chi connectivity index (χ4v) is 3.70. The molecule has 0 aliphatic heterocycles. The Bertz CT molecular complexity index is 1350. The Morgan fingerprint density at radius 1 is 1.00 bits per heavy atom. The van der Waals surface area contributed by atoms with Gasteiger partial charge in [0.2, 0.25) is 0 Å². The zero-order chi connectivity index (χ0) is 26.8. The van der Waals surface area contributed by atoms with E-state index in [9.17, 15) is 9.59 Å². The number of carboxylic acids is 2. The van der Waals surface area contributed by atoms with E-state index < -0.39 is 11.9 Å². The number of aliphatic carboxylic acids is 2. The van der Waals surface area contributed by atoms with Crippen LogP contribution < -0.4 is 4.74 Å². The molecule has 0 saturated carbocycles. The molecule has 2 heterocycles. The first-order valence-electron chi connectivity index (χ1n) is 11.7. The van der Waals surface area contributed by atoms with E-state index in [4.69, 9.17) is 20.0 Å². The SMILES string of the molecule is CC(COc1cccc(-n2nc(-c3ccccc3)c3cccnc32)c1)CN(C)C.O=C(O)/C=C\C(=O)O. The molecule has 0 saturated heterocycles. The molecule has 1 atom stereocenters. The molecule has 0 spiro atoms. The summed E-state index contributed by atoms with van der Waals surface area (Å²) in [5.41, 5.74) is 3.78. The topological polar surface area (TPSA) is 118 Å². The number of ether oxygens (including phenoxy) is 1. The van der Waals surface area contributed by atoms with Crippen LogP contribution in [0.4, 0.5) is 0 Å². The Morgan fingerprint density at radius 2 is 1.70 bits per heavy atom. The molecule has 192 valence electrons. The Labute approximate surface area is 215 Å². The molecule has 37 heavy (non-hydrogen) atoms. The highest BCUT2D eigenvalue weighted by Crippen LogP contribution is 2.29. The minimum absolute atomic E-state index is 0.450. The van der Waals surface area contributed by atoms with Crippen LogP contribution in [0, 0.1) is 5.92 Å². The monoisotopic (exact) mass is 502 g/mol. The molecule has 9 heteroatoms. The maximum Gasteiger partial charge on any atom is 0.328 e. The Morgan fingerprint density at radius 3 is 2.35 bits per heavy atom. The smallest absolute Gasteiger partial charge is 0.328 e. The van der Waals surface area contributed by atoms with E-state index >= 15 is 0 Å².